The van der Waals surface area contributed by atoms with E-state index in [2.05, 4.69) is 25.9 Å². The molecule has 6 nitrogen and oxygen atoms in total. The zero-order chi connectivity index (χ0) is 19.5. The Morgan fingerprint density at radius 2 is 2.14 bits per heavy atom. The van der Waals surface area contributed by atoms with Gasteiger partial charge in [-0.15, -0.1) is 0 Å². The molecule has 4 rings (SSSR count). The van der Waals surface area contributed by atoms with Crippen LogP contribution in [-0.4, -0.2) is 37.8 Å². The first kappa shape index (κ1) is 19.1. The molecule has 0 unspecified atom stereocenters. The van der Waals surface area contributed by atoms with Crippen molar-refractivity contribution >= 4 is 28.6 Å². The Bertz CT molecular complexity index is 941. The van der Waals surface area contributed by atoms with Crippen LogP contribution >= 0.6 is 11.8 Å². The molecule has 28 heavy (non-hydrogen) atoms. The van der Waals surface area contributed by atoms with Gasteiger partial charge in [-0.3, -0.25) is 4.79 Å². The summed E-state index contributed by atoms with van der Waals surface area (Å²) in [5, 5.41) is 5.93. The van der Waals surface area contributed by atoms with Crippen molar-refractivity contribution in [2.45, 2.75) is 54.6 Å². The van der Waals surface area contributed by atoms with Gasteiger partial charge in [-0.05, 0) is 43.7 Å². The van der Waals surface area contributed by atoms with Gasteiger partial charge in [-0.2, -0.15) is 0 Å². The van der Waals surface area contributed by atoms with Gasteiger partial charge < -0.3 is 20.6 Å². The second kappa shape index (κ2) is 8.41. The lowest BCUT2D eigenvalue weighted by Crippen LogP contribution is -2.47. The summed E-state index contributed by atoms with van der Waals surface area (Å²) in [6, 6.07) is 7.79. The molecule has 0 aliphatic heterocycles. The van der Waals surface area contributed by atoms with E-state index < -0.39 is 6.04 Å². The quantitative estimate of drug-likeness (QED) is 0.597. The average Bonchev–Trinajstić information content (AvgIpc) is 3.30. The Balaban J connectivity index is 1.26. The van der Waals surface area contributed by atoms with E-state index >= 15 is 0 Å². The average molecular weight is 398 g/mol. The first-order valence-electron chi connectivity index (χ1n) is 9.85. The molecule has 0 bridgehead atoms. The third-order valence-corrected chi connectivity index (χ3v) is 6.93. The second-order valence-corrected chi connectivity index (χ2v) is 8.86. The summed E-state index contributed by atoms with van der Waals surface area (Å²) in [5.41, 5.74) is 8.38. The number of nitrogens with one attached hydrogen (secondary N) is 2. The van der Waals surface area contributed by atoms with Crippen molar-refractivity contribution in [3.63, 3.8) is 0 Å². The molecule has 1 amide bonds. The van der Waals surface area contributed by atoms with Gasteiger partial charge in [0.2, 0.25) is 5.91 Å². The van der Waals surface area contributed by atoms with E-state index in [9.17, 15) is 4.79 Å². The standard InChI is InChI=1S/C21H27N5OS/c1-26-11-10-23-21(26)28-16-8-6-15(7-9-16)25-20(27)18(22)12-14-13-24-19-5-3-2-4-17(14)19/h2-5,10-11,13,15-16,18,24H,6-9,12,22H2,1H3,(H,25,27)/t15?,16?,18-/m1/s1. The van der Waals surface area contributed by atoms with Crippen LogP contribution in [0, 0.1) is 0 Å². The van der Waals surface area contributed by atoms with Crippen LogP contribution in [0.4, 0.5) is 0 Å². The lowest BCUT2D eigenvalue weighted by atomic mass is 9.94. The van der Waals surface area contributed by atoms with Crippen LogP contribution in [0.15, 0.2) is 48.0 Å². The van der Waals surface area contributed by atoms with Crippen molar-refractivity contribution in [3.05, 3.63) is 48.4 Å². The van der Waals surface area contributed by atoms with Crippen LogP contribution in [-0.2, 0) is 18.3 Å². The van der Waals surface area contributed by atoms with E-state index in [0.29, 0.717) is 11.7 Å². The number of aromatic amines is 1. The normalized spacial score (nSPS) is 20.9. The summed E-state index contributed by atoms with van der Waals surface area (Å²) in [7, 11) is 2.02. The first-order chi connectivity index (χ1) is 13.6. The van der Waals surface area contributed by atoms with Crippen LogP contribution in [0.3, 0.4) is 0 Å². The number of imidazole rings is 1. The van der Waals surface area contributed by atoms with Gasteiger partial charge in [-0.25, -0.2) is 4.98 Å². The molecule has 7 heteroatoms. The van der Waals surface area contributed by atoms with Crippen LogP contribution in [0.1, 0.15) is 31.2 Å². The summed E-state index contributed by atoms with van der Waals surface area (Å²) in [5.74, 6) is -0.0505. The number of H-pyrrole nitrogens is 1. The molecule has 1 saturated carbocycles. The number of amides is 1. The number of thioether (sulfide) groups is 1. The highest BCUT2D eigenvalue weighted by atomic mass is 32.2. The number of nitrogens with two attached hydrogens (primary N) is 1. The molecule has 3 aromatic rings. The number of rotatable bonds is 6. The van der Waals surface area contributed by atoms with E-state index in [1.807, 2.05) is 55.6 Å². The Morgan fingerprint density at radius 3 is 2.89 bits per heavy atom. The molecule has 1 aromatic carbocycles. The molecular formula is C21H27N5OS. The summed E-state index contributed by atoms with van der Waals surface area (Å²) in [4.78, 5) is 20.2. The van der Waals surface area contributed by atoms with Crippen molar-refractivity contribution in [1.29, 1.82) is 0 Å². The smallest absolute Gasteiger partial charge is 0.237 e. The topological polar surface area (TPSA) is 88.7 Å². The number of hydrogen-bond acceptors (Lipinski definition) is 4. The molecule has 0 spiro atoms. The lowest BCUT2D eigenvalue weighted by molar-refractivity contribution is -0.123. The molecule has 2 heterocycles. The van der Waals surface area contributed by atoms with E-state index in [1.165, 1.54) is 0 Å². The van der Waals surface area contributed by atoms with Gasteiger partial charge in [-0.1, -0.05) is 30.0 Å². The van der Waals surface area contributed by atoms with Crippen LogP contribution in [0.2, 0.25) is 0 Å². The molecule has 2 aromatic heterocycles. The number of benzene rings is 1. The maximum absolute atomic E-state index is 12.6. The van der Waals surface area contributed by atoms with Crippen molar-refractivity contribution in [1.82, 2.24) is 19.9 Å². The number of carbonyl (C=O) groups is 1. The highest BCUT2D eigenvalue weighted by molar-refractivity contribution is 7.99. The summed E-state index contributed by atoms with van der Waals surface area (Å²) < 4.78 is 2.06. The minimum atomic E-state index is -0.529. The first-order valence-corrected chi connectivity index (χ1v) is 10.7. The molecule has 1 atom stereocenters. The number of aromatic nitrogens is 3. The second-order valence-electron chi connectivity index (χ2n) is 7.59. The minimum Gasteiger partial charge on any atom is -0.361 e. The third kappa shape index (κ3) is 4.25. The van der Waals surface area contributed by atoms with Gasteiger partial charge in [0, 0.05) is 47.8 Å². The Hall–Kier alpha value is -2.25. The van der Waals surface area contributed by atoms with Gasteiger partial charge >= 0.3 is 0 Å². The van der Waals surface area contributed by atoms with Gasteiger partial charge in [0.15, 0.2) is 5.16 Å². The van der Waals surface area contributed by atoms with E-state index in [1.54, 1.807) is 0 Å². The fourth-order valence-corrected chi connectivity index (χ4v) is 5.03. The summed E-state index contributed by atoms with van der Waals surface area (Å²) in [6.45, 7) is 0. The van der Waals surface area contributed by atoms with Crippen molar-refractivity contribution in [3.8, 4) is 0 Å². The molecular weight excluding hydrogens is 370 g/mol. The molecule has 0 radical (unpaired) electrons. The van der Waals surface area contributed by atoms with Crippen molar-refractivity contribution in [2.24, 2.45) is 12.8 Å². The molecule has 1 aliphatic carbocycles. The van der Waals surface area contributed by atoms with Crippen molar-refractivity contribution < 1.29 is 4.79 Å². The predicted molar refractivity (Wildman–Crippen MR) is 113 cm³/mol. The van der Waals surface area contributed by atoms with Gasteiger partial charge in [0.1, 0.15) is 0 Å². The van der Waals surface area contributed by atoms with Gasteiger partial charge in [0.25, 0.3) is 0 Å². The van der Waals surface area contributed by atoms with Gasteiger partial charge in [0.05, 0.1) is 6.04 Å². The fraction of sp³-hybridized carbons (Fsp3) is 0.429. The SMILES string of the molecule is Cn1ccnc1SC1CCC(NC(=O)[C@H](N)Cc2c[nH]c3ccccc23)CC1. The molecule has 148 valence electrons. The number of hydrogen-bond donors (Lipinski definition) is 3. The van der Waals surface area contributed by atoms with Crippen molar-refractivity contribution in [2.75, 3.05) is 0 Å². The maximum Gasteiger partial charge on any atom is 0.237 e. The van der Waals surface area contributed by atoms with E-state index in [0.717, 1.165) is 47.3 Å². The number of carbonyl (C=O) groups excluding carboxylic acids is 1. The molecule has 0 saturated heterocycles. The number of fused-ring (bicyclic) bond motifs is 1. The Labute approximate surface area is 169 Å². The Morgan fingerprint density at radius 1 is 1.36 bits per heavy atom. The summed E-state index contributed by atoms with van der Waals surface area (Å²) in [6.07, 6.45) is 10.5. The monoisotopic (exact) mass is 397 g/mol. The zero-order valence-corrected chi connectivity index (χ0v) is 16.9. The minimum absolute atomic E-state index is 0.0505. The largest absolute Gasteiger partial charge is 0.361 e. The molecule has 1 aliphatic rings. The summed E-state index contributed by atoms with van der Waals surface area (Å²) >= 11 is 1.84. The third-order valence-electron chi connectivity index (χ3n) is 5.52. The molecule has 4 N–H and O–H groups in total. The van der Waals surface area contributed by atoms with Crippen LogP contribution in [0.5, 0.6) is 0 Å². The molecule has 1 fully saturated rings. The maximum atomic E-state index is 12.6. The Kier molecular flexibility index (Phi) is 5.73. The highest BCUT2D eigenvalue weighted by Crippen LogP contribution is 2.32. The number of aryl methyl sites for hydroxylation is 1. The predicted octanol–water partition coefficient (Wildman–Crippen LogP) is 2.99. The highest BCUT2D eigenvalue weighted by Gasteiger charge is 2.26. The number of para-hydroxylation sites is 1. The van der Waals surface area contributed by atoms with E-state index in [4.69, 9.17) is 5.73 Å². The zero-order valence-electron chi connectivity index (χ0n) is 16.1. The fourth-order valence-electron chi connectivity index (χ4n) is 3.88. The van der Waals surface area contributed by atoms with Crippen LogP contribution in [0.25, 0.3) is 10.9 Å². The van der Waals surface area contributed by atoms with E-state index in [-0.39, 0.29) is 11.9 Å². The lowest BCUT2D eigenvalue weighted by Gasteiger charge is -2.29. The van der Waals surface area contributed by atoms with Crippen LogP contribution < -0.4 is 11.1 Å². The number of nitrogens with zero attached hydrogens (tertiary/aromatic N) is 2.